The summed E-state index contributed by atoms with van der Waals surface area (Å²) in [5.41, 5.74) is -2.57. The highest BCUT2D eigenvalue weighted by atomic mass is 19.4. The van der Waals surface area contributed by atoms with Crippen LogP contribution in [0.25, 0.3) is 0 Å². The zero-order valence-corrected chi connectivity index (χ0v) is 18.4. The maximum Gasteiger partial charge on any atom is 0.435 e. The van der Waals surface area contributed by atoms with E-state index in [0.717, 1.165) is 10.7 Å². The first-order valence-electron chi connectivity index (χ1n) is 10.7. The molecule has 0 radical (unpaired) electrons. The molecule has 2 aliphatic rings. The van der Waals surface area contributed by atoms with Crippen LogP contribution in [0.1, 0.15) is 54.6 Å². The standard InChI is InChI=1S/C22H23F6N3O3/c1-9(2)31-8-12(19(30-31)22(26,27)28)16-17(15-7-14(32)18(16)34-15)20(33)29-11-5-4-10(3)13(6-11)21(23,24)25/h4-6,8-9,14-18,32H,7H2,1-3H3,(H,29,33). The molecule has 34 heavy (non-hydrogen) atoms. The number of aromatic nitrogens is 2. The smallest absolute Gasteiger partial charge is 0.390 e. The number of nitrogens with zero attached hydrogens (tertiary/aromatic N) is 2. The molecular weight excluding hydrogens is 468 g/mol. The van der Waals surface area contributed by atoms with Gasteiger partial charge in [-0.3, -0.25) is 9.48 Å². The highest BCUT2D eigenvalue weighted by Gasteiger charge is 2.59. The lowest BCUT2D eigenvalue weighted by Gasteiger charge is -2.30. The Morgan fingerprint density at radius 2 is 1.88 bits per heavy atom. The molecule has 0 saturated carbocycles. The monoisotopic (exact) mass is 491 g/mol. The highest BCUT2D eigenvalue weighted by molar-refractivity contribution is 5.94. The molecule has 1 amide bonds. The molecule has 12 heteroatoms. The topological polar surface area (TPSA) is 76.4 Å². The second kappa shape index (κ2) is 8.26. The van der Waals surface area contributed by atoms with Crippen molar-refractivity contribution in [3.63, 3.8) is 0 Å². The number of halogens is 6. The summed E-state index contributed by atoms with van der Waals surface area (Å²) in [7, 11) is 0. The fraction of sp³-hybridized carbons (Fsp3) is 0.545. The van der Waals surface area contributed by atoms with E-state index in [1.807, 2.05) is 0 Å². The molecule has 2 bridgehead atoms. The van der Waals surface area contributed by atoms with Crippen molar-refractivity contribution in [1.29, 1.82) is 0 Å². The minimum absolute atomic E-state index is 0.0284. The molecule has 1 aromatic carbocycles. The van der Waals surface area contributed by atoms with E-state index in [9.17, 15) is 36.2 Å². The summed E-state index contributed by atoms with van der Waals surface area (Å²) in [6.07, 6.45) is -11.3. The first-order chi connectivity index (χ1) is 15.7. The zero-order valence-electron chi connectivity index (χ0n) is 18.4. The number of rotatable bonds is 4. The number of aliphatic hydroxyl groups excluding tert-OH is 1. The van der Waals surface area contributed by atoms with Gasteiger partial charge in [0.2, 0.25) is 5.91 Å². The fourth-order valence-corrected chi connectivity index (χ4v) is 4.78. The van der Waals surface area contributed by atoms with Crippen molar-refractivity contribution >= 4 is 11.6 Å². The van der Waals surface area contributed by atoms with Gasteiger partial charge in [0.1, 0.15) is 0 Å². The number of aliphatic hydroxyl groups is 1. The molecule has 4 rings (SSSR count). The number of hydrogen-bond donors (Lipinski definition) is 2. The molecule has 6 nitrogen and oxygen atoms in total. The van der Waals surface area contributed by atoms with Gasteiger partial charge < -0.3 is 15.2 Å². The van der Waals surface area contributed by atoms with E-state index in [4.69, 9.17) is 4.74 Å². The summed E-state index contributed by atoms with van der Waals surface area (Å²) in [5, 5.41) is 16.4. The Balaban J connectivity index is 1.71. The van der Waals surface area contributed by atoms with Gasteiger partial charge in [-0.05, 0) is 38.5 Å². The first-order valence-corrected chi connectivity index (χ1v) is 10.7. The van der Waals surface area contributed by atoms with E-state index in [0.29, 0.717) is 0 Å². The molecule has 5 unspecified atom stereocenters. The molecule has 2 fully saturated rings. The van der Waals surface area contributed by atoms with Crippen molar-refractivity contribution in [2.75, 3.05) is 5.32 Å². The Morgan fingerprint density at radius 1 is 1.21 bits per heavy atom. The Morgan fingerprint density at radius 3 is 2.47 bits per heavy atom. The minimum atomic E-state index is -4.82. The van der Waals surface area contributed by atoms with E-state index < -0.39 is 65.7 Å². The Hall–Kier alpha value is -2.60. The quantitative estimate of drug-likeness (QED) is 0.609. The lowest BCUT2D eigenvalue weighted by atomic mass is 9.73. The number of carbonyl (C=O) groups excluding carboxylic acids is 1. The minimum Gasteiger partial charge on any atom is -0.390 e. The van der Waals surface area contributed by atoms with Crippen molar-refractivity contribution in [2.24, 2.45) is 5.92 Å². The SMILES string of the molecule is Cc1ccc(NC(=O)C2C3CC(O)C(O3)C2c2cn(C(C)C)nc2C(F)(F)F)cc1C(F)(F)F. The van der Waals surface area contributed by atoms with E-state index >= 15 is 0 Å². The van der Waals surface area contributed by atoms with Crippen LogP contribution in [0.3, 0.4) is 0 Å². The van der Waals surface area contributed by atoms with Crippen LogP contribution in [0, 0.1) is 12.8 Å². The summed E-state index contributed by atoms with van der Waals surface area (Å²) < 4.78 is 88.0. The van der Waals surface area contributed by atoms with Crippen molar-refractivity contribution < 1.29 is 41.0 Å². The van der Waals surface area contributed by atoms with Crippen LogP contribution in [0.5, 0.6) is 0 Å². The van der Waals surface area contributed by atoms with Crippen LogP contribution in [0.2, 0.25) is 0 Å². The third kappa shape index (κ3) is 4.28. The second-order valence-corrected chi connectivity index (χ2v) is 9.02. The number of hydrogen-bond acceptors (Lipinski definition) is 4. The normalized spacial score (nSPS) is 27.0. The van der Waals surface area contributed by atoms with E-state index in [1.165, 1.54) is 25.3 Å². The predicted molar refractivity (Wildman–Crippen MR) is 108 cm³/mol. The van der Waals surface area contributed by atoms with Gasteiger partial charge >= 0.3 is 12.4 Å². The molecule has 2 aliphatic heterocycles. The number of ether oxygens (including phenoxy) is 1. The molecule has 0 aliphatic carbocycles. The maximum absolute atomic E-state index is 13.8. The lowest BCUT2D eigenvalue weighted by molar-refractivity contribution is -0.143. The third-order valence-corrected chi connectivity index (χ3v) is 6.36. The van der Waals surface area contributed by atoms with Crippen LogP contribution in [-0.2, 0) is 21.9 Å². The van der Waals surface area contributed by atoms with Gasteiger partial charge in [-0.25, -0.2) is 0 Å². The maximum atomic E-state index is 13.8. The molecule has 186 valence electrons. The number of fused-ring (bicyclic) bond motifs is 2. The number of nitrogens with one attached hydrogen (secondary N) is 1. The van der Waals surface area contributed by atoms with Crippen molar-refractivity contribution in [2.45, 2.75) is 69.8 Å². The van der Waals surface area contributed by atoms with Gasteiger partial charge in [-0.1, -0.05) is 6.07 Å². The Bertz CT molecular complexity index is 1090. The summed E-state index contributed by atoms with van der Waals surface area (Å²) >= 11 is 0. The molecule has 1 aromatic heterocycles. The molecule has 5 atom stereocenters. The van der Waals surface area contributed by atoms with Gasteiger partial charge in [0.25, 0.3) is 0 Å². The average Bonchev–Trinajstić information content (AvgIpc) is 3.39. The Kier molecular flexibility index (Phi) is 5.96. The average molecular weight is 491 g/mol. The molecular formula is C22H23F6N3O3. The summed E-state index contributed by atoms with van der Waals surface area (Å²) in [6, 6.07) is 2.87. The second-order valence-electron chi connectivity index (χ2n) is 9.02. The first kappa shape index (κ1) is 24.5. The molecule has 0 spiro atoms. The van der Waals surface area contributed by atoms with E-state index in [1.54, 1.807) is 13.8 Å². The number of aryl methyl sites for hydroxylation is 1. The molecule has 2 saturated heterocycles. The van der Waals surface area contributed by atoms with Crippen LogP contribution in [0.4, 0.5) is 32.0 Å². The van der Waals surface area contributed by atoms with Crippen LogP contribution in [-0.4, -0.2) is 39.1 Å². The van der Waals surface area contributed by atoms with Crippen molar-refractivity contribution in [1.82, 2.24) is 9.78 Å². The summed E-state index contributed by atoms with van der Waals surface area (Å²) in [4.78, 5) is 13.2. The van der Waals surface area contributed by atoms with E-state index in [2.05, 4.69) is 10.4 Å². The highest BCUT2D eigenvalue weighted by Crippen LogP contribution is 2.51. The zero-order chi connectivity index (χ0) is 25.2. The molecule has 2 aromatic rings. The van der Waals surface area contributed by atoms with Gasteiger partial charge in [0.05, 0.1) is 29.8 Å². The van der Waals surface area contributed by atoms with Crippen LogP contribution >= 0.6 is 0 Å². The van der Waals surface area contributed by atoms with E-state index in [-0.39, 0.29) is 23.2 Å². The summed E-state index contributed by atoms with van der Waals surface area (Å²) in [6.45, 7) is 4.56. The number of alkyl halides is 6. The molecule has 2 N–H and O–H groups in total. The van der Waals surface area contributed by atoms with Gasteiger partial charge in [0.15, 0.2) is 5.69 Å². The van der Waals surface area contributed by atoms with Crippen molar-refractivity contribution in [3.05, 3.63) is 46.8 Å². The van der Waals surface area contributed by atoms with Crippen LogP contribution < -0.4 is 5.32 Å². The third-order valence-electron chi connectivity index (χ3n) is 6.36. The number of anilines is 1. The fourth-order valence-electron chi connectivity index (χ4n) is 4.78. The molecule has 3 heterocycles. The number of carbonyl (C=O) groups is 1. The number of benzene rings is 1. The van der Waals surface area contributed by atoms with Crippen molar-refractivity contribution in [3.8, 4) is 0 Å². The largest absolute Gasteiger partial charge is 0.435 e. The predicted octanol–water partition coefficient (Wildman–Crippen LogP) is 4.68. The van der Waals surface area contributed by atoms with Gasteiger partial charge in [0, 0.05) is 35.8 Å². The van der Waals surface area contributed by atoms with Crippen LogP contribution in [0.15, 0.2) is 24.4 Å². The number of amides is 1. The lowest BCUT2D eigenvalue weighted by Crippen LogP contribution is -2.41. The summed E-state index contributed by atoms with van der Waals surface area (Å²) in [5.74, 6) is -3.12. The Labute approximate surface area is 190 Å². The van der Waals surface area contributed by atoms with Gasteiger partial charge in [-0.15, -0.1) is 0 Å². The van der Waals surface area contributed by atoms with Gasteiger partial charge in [-0.2, -0.15) is 31.4 Å².